The topological polar surface area (TPSA) is 50.3 Å². The van der Waals surface area contributed by atoms with Gasteiger partial charge in [-0.3, -0.25) is 0 Å². The van der Waals surface area contributed by atoms with Crippen molar-refractivity contribution in [3.63, 3.8) is 0 Å². The van der Waals surface area contributed by atoms with Gasteiger partial charge in [-0.15, -0.1) is 0 Å². The third kappa shape index (κ3) is 3.78. The molecule has 0 saturated carbocycles. The van der Waals surface area contributed by atoms with Crippen LogP contribution in [0.4, 0.5) is 17.3 Å². The molecule has 1 saturated heterocycles. The molecule has 3 rings (SSSR count). The molecule has 5 heteroatoms. The molecule has 1 aromatic heterocycles. The quantitative estimate of drug-likeness (QED) is 0.887. The molecular weight excluding hydrogens is 300 g/mol. The van der Waals surface area contributed by atoms with Gasteiger partial charge in [0.05, 0.1) is 7.11 Å². The molecule has 128 valence electrons. The highest BCUT2D eigenvalue weighted by Crippen LogP contribution is 2.28. The maximum atomic E-state index is 5.28. The highest BCUT2D eigenvalue weighted by Gasteiger charge is 2.22. The van der Waals surface area contributed by atoms with Gasteiger partial charge in [0.2, 0.25) is 0 Å². The van der Waals surface area contributed by atoms with E-state index < -0.39 is 0 Å². The number of benzene rings is 1. The minimum Gasteiger partial charge on any atom is -0.497 e. The zero-order valence-corrected chi connectivity index (χ0v) is 14.7. The summed E-state index contributed by atoms with van der Waals surface area (Å²) >= 11 is 0. The Kier molecular flexibility index (Phi) is 5.18. The van der Waals surface area contributed by atoms with Crippen molar-refractivity contribution in [2.24, 2.45) is 0 Å². The average Bonchev–Trinajstić information content (AvgIpc) is 2.61. The molecule has 1 fully saturated rings. The molecule has 0 radical (unpaired) electrons. The zero-order chi connectivity index (χ0) is 16.9. The van der Waals surface area contributed by atoms with Gasteiger partial charge in [0, 0.05) is 30.4 Å². The molecule has 5 nitrogen and oxygen atoms in total. The van der Waals surface area contributed by atoms with Crippen molar-refractivity contribution in [2.45, 2.75) is 45.6 Å². The Morgan fingerprint density at radius 1 is 1.25 bits per heavy atom. The van der Waals surface area contributed by atoms with Gasteiger partial charge in [-0.05, 0) is 44.7 Å². The molecule has 2 aromatic rings. The van der Waals surface area contributed by atoms with E-state index in [0.29, 0.717) is 6.04 Å². The number of hydrogen-bond donors (Lipinski definition) is 1. The Morgan fingerprint density at radius 3 is 2.92 bits per heavy atom. The number of nitrogens with zero attached hydrogens (tertiary/aromatic N) is 3. The summed E-state index contributed by atoms with van der Waals surface area (Å²) in [6.45, 7) is 5.28. The van der Waals surface area contributed by atoms with Crippen LogP contribution in [0.15, 0.2) is 30.3 Å². The van der Waals surface area contributed by atoms with E-state index in [9.17, 15) is 0 Å². The average molecular weight is 326 g/mol. The normalized spacial score (nSPS) is 17.6. The first-order valence-electron chi connectivity index (χ1n) is 8.73. The maximum Gasteiger partial charge on any atom is 0.136 e. The SMILES string of the molecule is CCC1CCCCN1c1cc(Nc2cccc(OC)c2)nc(C)n1. The predicted molar refractivity (Wildman–Crippen MR) is 98.3 cm³/mol. The summed E-state index contributed by atoms with van der Waals surface area (Å²) in [7, 11) is 1.67. The second-order valence-electron chi connectivity index (χ2n) is 6.27. The largest absolute Gasteiger partial charge is 0.497 e. The minimum absolute atomic E-state index is 0.581. The van der Waals surface area contributed by atoms with Crippen molar-refractivity contribution < 1.29 is 4.74 Å². The number of hydrogen-bond acceptors (Lipinski definition) is 5. The van der Waals surface area contributed by atoms with Gasteiger partial charge >= 0.3 is 0 Å². The van der Waals surface area contributed by atoms with E-state index in [1.54, 1.807) is 7.11 Å². The van der Waals surface area contributed by atoms with Crippen molar-refractivity contribution in [1.82, 2.24) is 9.97 Å². The number of aryl methyl sites for hydroxylation is 1. The van der Waals surface area contributed by atoms with Gasteiger partial charge in [0.1, 0.15) is 23.2 Å². The highest BCUT2D eigenvalue weighted by molar-refractivity contribution is 5.61. The first-order valence-corrected chi connectivity index (χ1v) is 8.73. The lowest BCUT2D eigenvalue weighted by molar-refractivity contribution is 0.415. The summed E-state index contributed by atoms with van der Waals surface area (Å²) in [5, 5.41) is 3.37. The molecule has 0 amide bonds. The number of piperidine rings is 1. The Balaban J connectivity index is 1.85. The monoisotopic (exact) mass is 326 g/mol. The lowest BCUT2D eigenvalue weighted by atomic mass is 10.00. The van der Waals surface area contributed by atoms with Crippen LogP contribution >= 0.6 is 0 Å². The number of nitrogens with one attached hydrogen (secondary N) is 1. The summed E-state index contributed by atoms with van der Waals surface area (Å²) in [6.07, 6.45) is 4.95. The lowest BCUT2D eigenvalue weighted by Crippen LogP contribution is -2.39. The summed E-state index contributed by atoms with van der Waals surface area (Å²) in [5.41, 5.74) is 0.962. The van der Waals surface area contributed by atoms with E-state index in [1.807, 2.05) is 31.2 Å². The molecule has 0 bridgehead atoms. The van der Waals surface area contributed by atoms with Crippen molar-refractivity contribution in [1.29, 1.82) is 0 Å². The summed E-state index contributed by atoms with van der Waals surface area (Å²) in [4.78, 5) is 11.7. The number of aromatic nitrogens is 2. The standard InChI is InChI=1S/C19H26N4O/c1-4-16-9-5-6-11-23(16)19-13-18(20-14(2)21-19)22-15-8-7-10-17(12-15)24-3/h7-8,10,12-13,16H,4-6,9,11H2,1-3H3,(H,20,21,22). The van der Waals surface area contributed by atoms with E-state index in [1.165, 1.54) is 19.3 Å². The van der Waals surface area contributed by atoms with Gasteiger partial charge in [0.25, 0.3) is 0 Å². The van der Waals surface area contributed by atoms with Crippen LogP contribution in [0.25, 0.3) is 0 Å². The van der Waals surface area contributed by atoms with E-state index in [2.05, 4.69) is 33.2 Å². The van der Waals surface area contributed by atoms with E-state index in [0.717, 1.165) is 41.9 Å². The molecule has 0 spiro atoms. The smallest absolute Gasteiger partial charge is 0.136 e. The van der Waals surface area contributed by atoms with Crippen LogP contribution in [-0.4, -0.2) is 29.7 Å². The summed E-state index contributed by atoms with van der Waals surface area (Å²) < 4.78 is 5.28. The van der Waals surface area contributed by atoms with Crippen LogP contribution in [0.3, 0.4) is 0 Å². The molecule has 24 heavy (non-hydrogen) atoms. The molecule has 1 aromatic carbocycles. The number of ether oxygens (including phenoxy) is 1. The van der Waals surface area contributed by atoms with Crippen molar-refractivity contribution in [3.8, 4) is 5.75 Å². The summed E-state index contributed by atoms with van der Waals surface area (Å²) in [6, 6.07) is 10.5. The van der Waals surface area contributed by atoms with Gasteiger partial charge in [0.15, 0.2) is 0 Å². The number of rotatable bonds is 5. The molecule has 1 unspecified atom stereocenters. The highest BCUT2D eigenvalue weighted by atomic mass is 16.5. The van der Waals surface area contributed by atoms with Gasteiger partial charge < -0.3 is 15.0 Å². The van der Waals surface area contributed by atoms with Crippen LogP contribution < -0.4 is 15.0 Å². The van der Waals surface area contributed by atoms with Crippen molar-refractivity contribution in [2.75, 3.05) is 23.9 Å². The van der Waals surface area contributed by atoms with E-state index in [4.69, 9.17) is 4.74 Å². The Hall–Kier alpha value is -2.30. The van der Waals surface area contributed by atoms with Crippen LogP contribution in [0.1, 0.15) is 38.4 Å². The van der Waals surface area contributed by atoms with Crippen molar-refractivity contribution in [3.05, 3.63) is 36.2 Å². The number of methoxy groups -OCH3 is 1. The van der Waals surface area contributed by atoms with E-state index >= 15 is 0 Å². The maximum absolute atomic E-state index is 5.28. The minimum atomic E-state index is 0.581. The molecule has 2 heterocycles. The van der Waals surface area contributed by atoms with Crippen LogP contribution in [0.2, 0.25) is 0 Å². The summed E-state index contributed by atoms with van der Waals surface area (Å²) in [5.74, 6) is 3.47. The Labute approximate surface area is 144 Å². The second kappa shape index (κ2) is 7.51. The molecule has 0 aliphatic carbocycles. The molecular formula is C19H26N4O. The van der Waals surface area contributed by atoms with Crippen LogP contribution in [0.5, 0.6) is 5.75 Å². The first-order chi connectivity index (χ1) is 11.7. The second-order valence-corrected chi connectivity index (χ2v) is 6.27. The fraction of sp³-hybridized carbons (Fsp3) is 0.474. The first kappa shape index (κ1) is 16.6. The van der Waals surface area contributed by atoms with Gasteiger partial charge in [-0.2, -0.15) is 0 Å². The lowest BCUT2D eigenvalue weighted by Gasteiger charge is -2.36. The van der Waals surface area contributed by atoms with E-state index in [-0.39, 0.29) is 0 Å². The Morgan fingerprint density at radius 2 is 2.12 bits per heavy atom. The third-order valence-electron chi connectivity index (χ3n) is 4.56. The molecule has 1 aliphatic rings. The molecule has 1 atom stereocenters. The van der Waals surface area contributed by atoms with Gasteiger partial charge in [-0.25, -0.2) is 9.97 Å². The van der Waals surface area contributed by atoms with Crippen molar-refractivity contribution >= 4 is 17.3 Å². The zero-order valence-electron chi connectivity index (χ0n) is 14.7. The fourth-order valence-electron chi connectivity index (χ4n) is 3.34. The van der Waals surface area contributed by atoms with Crippen LogP contribution in [0, 0.1) is 6.92 Å². The fourth-order valence-corrected chi connectivity index (χ4v) is 3.34. The third-order valence-corrected chi connectivity index (χ3v) is 4.56. The van der Waals surface area contributed by atoms with Gasteiger partial charge in [-0.1, -0.05) is 13.0 Å². The predicted octanol–water partition coefficient (Wildman–Crippen LogP) is 4.31. The number of anilines is 3. The molecule has 1 N–H and O–H groups in total. The molecule has 1 aliphatic heterocycles. The van der Waals surface area contributed by atoms with Crippen LogP contribution in [-0.2, 0) is 0 Å². The Bertz CT molecular complexity index is 689.